The highest BCUT2D eigenvalue weighted by atomic mass is 19.4. The highest BCUT2D eigenvalue weighted by molar-refractivity contribution is 5.09. The van der Waals surface area contributed by atoms with E-state index in [0.717, 1.165) is 0 Å². The maximum atomic E-state index is 12.9. The highest BCUT2D eigenvalue weighted by Crippen LogP contribution is 2.40. The van der Waals surface area contributed by atoms with Gasteiger partial charge in [0.05, 0.1) is 6.61 Å². The average molecular weight is 221 g/mol. The molecule has 0 radical (unpaired) electrons. The predicted molar refractivity (Wildman–Crippen MR) is 44.9 cm³/mol. The van der Waals surface area contributed by atoms with Crippen molar-refractivity contribution in [1.82, 2.24) is 14.9 Å². The van der Waals surface area contributed by atoms with Crippen LogP contribution in [-0.2, 0) is 17.5 Å². The molecule has 1 aromatic rings. The molecule has 1 fully saturated rings. The minimum Gasteiger partial charge on any atom is -0.345 e. The van der Waals surface area contributed by atoms with Gasteiger partial charge < -0.3 is 9.30 Å². The Morgan fingerprint density at radius 2 is 2.33 bits per heavy atom. The molecule has 0 aromatic carbocycles. The van der Waals surface area contributed by atoms with E-state index in [1.165, 1.54) is 24.0 Å². The lowest BCUT2D eigenvalue weighted by molar-refractivity contribution is -0.281. The van der Waals surface area contributed by atoms with Gasteiger partial charge in [-0.25, -0.2) is 4.98 Å². The first-order chi connectivity index (χ1) is 6.97. The van der Waals surface area contributed by atoms with E-state index in [-0.39, 0.29) is 19.0 Å². The Kier molecular flexibility index (Phi) is 2.23. The fourth-order valence-electron chi connectivity index (χ4n) is 1.64. The van der Waals surface area contributed by atoms with Crippen LogP contribution in [0.25, 0.3) is 0 Å². The summed E-state index contributed by atoms with van der Waals surface area (Å²) < 4.78 is 44.9. The summed E-state index contributed by atoms with van der Waals surface area (Å²) in [7, 11) is 1.50. The van der Waals surface area contributed by atoms with E-state index in [9.17, 15) is 13.2 Å². The summed E-state index contributed by atoms with van der Waals surface area (Å²) in [5.74, 6) is -0.174. The maximum absolute atomic E-state index is 12.9. The number of nitrogens with one attached hydrogen (secondary N) is 1. The average Bonchev–Trinajstić information content (AvgIpc) is 2.70. The van der Waals surface area contributed by atoms with Crippen molar-refractivity contribution in [2.24, 2.45) is 7.05 Å². The quantitative estimate of drug-likeness (QED) is 0.760. The summed E-state index contributed by atoms with van der Waals surface area (Å²) in [6, 6.07) is 0. The second kappa shape index (κ2) is 3.21. The van der Waals surface area contributed by atoms with Crippen molar-refractivity contribution in [3.05, 3.63) is 18.2 Å². The molecule has 0 saturated carbocycles. The van der Waals surface area contributed by atoms with Crippen molar-refractivity contribution < 1.29 is 17.9 Å². The Balaban J connectivity index is 2.49. The first-order valence-electron chi connectivity index (χ1n) is 4.41. The van der Waals surface area contributed by atoms with E-state index < -0.39 is 11.9 Å². The molecule has 0 amide bonds. The summed E-state index contributed by atoms with van der Waals surface area (Å²) in [6.07, 6.45) is -1.76. The third kappa shape index (κ3) is 1.42. The standard InChI is InChI=1S/C8H10F3N3O/c1-14-4-2-12-6(14)7(8(9,10)11)13-3-5-15-7/h2,4,13H,3,5H2,1H3. The molecular weight excluding hydrogens is 211 g/mol. The van der Waals surface area contributed by atoms with E-state index in [0.29, 0.717) is 0 Å². The summed E-state index contributed by atoms with van der Waals surface area (Å²) >= 11 is 0. The van der Waals surface area contributed by atoms with Crippen molar-refractivity contribution >= 4 is 0 Å². The molecular formula is C8H10F3N3O. The van der Waals surface area contributed by atoms with Crippen LogP contribution in [-0.4, -0.2) is 28.9 Å². The first kappa shape index (κ1) is 10.4. The second-order valence-electron chi connectivity index (χ2n) is 3.32. The lowest BCUT2D eigenvalue weighted by Gasteiger charge is -2.29. The minimum absolute atomic E-state index is 0.0202. The Hall–Kier alpha value is -1.08. The number of hydrogen-bond donors (Lipinski definition) is 1. The zero-order valence-electron chi connectivity index (χ0n) is 8.01. The lowest BCUT2D eigenvalue weighted by Crippen LogP contribution is -2.52. The van der Waals surface area contributed by atoms with E-state index in [4.69, 9.17) is 4.74 Å². The molecule has 1 N–H and O–H groups in total. The molecule has 0 spiro atoms. The van der Waals surface area contributed by atoms with Crippen LogP contribution < -0.4 is 5.32 Å². The second-order valence-corrected chi connectivity index (χ2v) is 3.32. The third-order valence-corrected chi connectivity index (χ3v) is 2.33. The number of rotatable bonds is 1. The van der Waals surface area contributed by atoms with Gasteiger partial charge in [0.1, 0.15) is 0 Å². The van der Waals surface area contributed by atoms with E-state index in [1.807, 2.05) is 0 Å². The molecule has 2 rings (SSSR count). The third-order valence-electron chi connectivity index (χ3n) is 2.33. The molecule has 0 bridgehead atoms. The Morgan fingerprint density at radius 3 is 2.73 bits per heavy atom. The molecule has 2 heterocycles. The summed E-state index contributed by atoms with van der Waals surface area (Å²) in [4.78, 5) is 3.69. The summed E-state index contributed by atoms with van der Waals surface area (Å²) in [5, 5.41) is 2.32. The smallest absolute Gasteiger partial charge is 0.345 e. The van der Waals surface area contributed by atoms with Crippen molar-refractivity contribution in [1.29, 1.82) is 0 Å². The van der Waals surface area contributed by atoms with Gasteiger partial charge in [0.15, 0.2) is 5.82 Å². The number of nitrogens with zero attached hydrogens (tertiary/aromatic N) is 2. The molecule has 7 heteroatoms. The van der Waals surface area contributed by atoms with Crippen LogP contribution >= 0.6 is 0 Å². The van der Waals surface area contributed by atoms with Gasteiger partial charge in [0.2, 0.25) is 0 Å². The zero-order chi connectivity index (χ0) is 11.1. The fraction of sp³-hybridized carbons (Fsp3) is 0.625. The molecule has 1 aliphatic heterocycles. The van der Waals surface area contributed by atoms with Crippen LogP contribution in [0.15, 0.2) is 12.4 Å². The van der Waals surface area contributed by atoms with Gasteiger partial charge in [-0.15, -0.1) is 0 Å². The van der Waals surface area contributed by atoms with E-state index >= 15 is 0 Å². The molecule has 1 saturated heterocycles. The number of halogens is 3. The molecule has 4 nitrogen and oxygen atoms in total. The van der Waals surface area contributed by atoms with Gasteiger partial charge >= 0.3 is 6.18 Å². The van der Waals surface area contributed by atoms with Gasteiger partial charge in [-0.1, -0.05) is 0 Å². The molecule has 15 heavy (non-hydrogen) atoms. The molecule has 0 aliphatic carbocycles. The van der Waals surface area contributed by atoms with Crippen molar-refractivity contribution in [2.45, 2.75) is 11.9 Å². The van der Waals surface area contributed by atoms with Gasteiger partial charge in [-0.3, -0.25) is 5.32 Å². The number of alkyl halides is 3. The number of aryl methyl sites for hydroxylation is 1. The SMILES string of the molecule is Cn1ccnc1C1(C(F)(F)F)NCCO1. The van der Waals surface area contributed by atoms with E-state index in [2.05, 4.69) is 10.3 Å². The summed E-state index contributed by atoms with van der Waals surface area (Å²) in [5.41, 5.74) is -2.45. The van der Waals surface area contributed by atoms with Crippen LogP contribution in [0, 0.1) is 0 Å². The molecule has 1 atom stereocenters. The van der Waals surface area contributed by atoms with Crippen LogP contribution in [0.2, 0.25) is 0 Å². The number of imidazole rings is 1. The van der Waals surface area contributed by atoms with Crippen LogP contribution in [0.3, 0.4) is 0 Å². The van der Waals surface area contributed by atoms with Gasteiger partial charge in [-0.05, 0) is 0 Å². The maximum Gasteiger partial charge on any atom is 0.439 e. The number of hydrogen-bond acceptors (Lipinski definition) is 3. The topological polar surface area (TPSA) is 39.1 Å². The lowest BCUT2D eigenvalue weighted by atomic mass is 10.2. The molecule has 1 unspecified atom stereocenters. The van der Waals surface area contributed by atoms with Gasteiger partial charge in [0, 0.05) is 26.0 Å². The fourth-order valence-corrected chi connectivity index (χ4v) is 1.64. The van der Waals surface area contributed by atoms with Crippen LogP contribution in [0.1, 0.15) is 5.82 Å². The van der Waals surface area contributed by atoms with Crippen molar-refractivity contribution in [2.75, 3.05) is 13.2 Å². The largest absolute Gasteiger partial charge is 0.439 e. The van der Waals surface area contributed by atoms with Gasteiger partial charge in [-0.2, -0.15) is 13.2 Å². The Labute approximate surface area is 84.0 Å². The minimum atomic E-state index is -4.53. The van der Waals surface area contributed by atoms with Crippen molar-refractivity contribution in [3.8, 4) is 0 Å². The van der Waals surface area contributed by atoms with E-state index in [1.54, 1.807) is 0 Å². The number of aromatic nitrogens is 2. The Morgan fingerprint density at radius 1 is 1.60 bits per heavy atom. The molecule has 1 aliphatic rings. The van der Waals surface area contributed by atoms with Gasteiger partial charge in [0.25, 0.3) is 5.72 Å². The zero-order valence-corrected chi connectivity index (χ0v) is 8.01. The van der Waals surface area contributed by atoms with Crippen LogP contribution in [0.5, 0.6) is 0 Å². The molecule has 84 valence electrons. The number of ether oxygens (including phenoxy) is 1. The predicted octanol–water partition coefficient (Wildman–Crippen LogP) is 0.755. The normalized spacial score (nSPS) is 27.2. The van der Waals surface area contributed by atoms with Crippen molar-refractivity contribution in [3.63, 3.8) is 0 Å². The molecule has 1 aromatic heterocycles. The summed E-state index contributed by atoms with van der Waals surface area (Å²) in [6.45, 7) is 0.179. The Bertz CT molecular complexity index is 354. The van der Waals surface area contributed by atoms with Crippen LogP contribution in [0.4, 0.5) is 13.2 Å². The monoisotopic (exact) mass is 221 g/mol. The highest BCUT2D eigenvalue weighted by Gasteiger charge is 2.61. The first-order valence-corrected chi connectivity index (χ1v) is 4.41.